The van der Waals surface area contributed by atoms with Crippen LogP contribution in [0.1, 0.15) is 5.56 Å². The molecule has 1 aliphatic heterocycles. The molecule has 1 aliphatic rings. The predicted octanol–water partition coefficient (Wildman–Crippen LogP) is 2.92. The minimum atomic E-state index is -0.340. The lowest BCUT2D eigenvalue weighted by Gasteiger charge is -2.18. The van der Waals surface area contributed by atoms with Crippen LogP contribution in [0.25, 0.3) is 6.08 Å². The number of ether oxygens (including phenoxy) is 1. The maximum atomic E-state index is 11.6. The van der Waals surface area contributed by atoms with Crippen molar-refractivity contribution >= 4 is 34.0 Å². The summed E-state index contributed by atoms with van der Waals surface area (Å²) < 4.78 is 5.73. The fraction of sp³-hybridized carbons (Fsp3) is 0.167. The Morgan fingerprint density at radius 1 is 1.20 bits per heavy atom. The van der Waals surface area contributed by atoms with Gasteiger partial charge in [0.25, 0.3) is 5.24 Å². The highest BCUT2D eigenvalue weighted by molar-refractivity contribution is 8.27. The van der Waals surface area contributed by atoms with Crippen molar-refractivity contribution in [2.24, 2.45) is 0 Å². The van der Waals surface area contributed by atoms with E-state index in [1.165, 1.54) is 0 Å². The molecule has 1 saturated heterocycles. The molecule has 0 aliphatic carbocycles. The Morgan fingerprint density at radius 2 is 2.00 bits per heavy atom. The van der Waals surface area contributed by atoms with Crippen molar-refractivity contribution in [2.45, 2.75) is 0 Å². The highest BCUT2D eigenvalue weighted by Gasteiger charge is 2.25. The van der Waals surface area contributed by atoms with E-state index in [0.29, 0.717) is 30.6 Å². The molecule has 2 heterocycles. The Labute approximate surface area is 149 Å². The number of rotatable bonds is 6. The summed E-state index contributed by atoms with van der Waals surface area (Å²) in [5.74, 6) is 1.64. The lowest BCUT2D eigenvalue weighted by Crippen LogP contribution is -2.24. The van der Waals surface area contributed by atoms with E-state index in [-0.39, 0.29) is 10.4 Å². The summed E-state index contributed by atoms with van der Waals surface area (Å²) in [5.41, 5.74) is 1.13. The number of nitrogens with one attached hydrogen (secondary N) is 1. The first-order valence-corrected chi connectivity index (χ1v) is 8.53. The maximum Gasteiger partial charge on any atom is 0.291 e. The fourth-order valence-electron chi connectivity index (χ4n) is 2.24. The van der Waals surface area contributed by atoms with Gasteiger partial charge in [-0.1, -0.05) is 18.2 Å². The quantitative estimate of drug-likeness (QED) is 0.804. The first-order chi connectivity index (χ1) is 12.1. The average molecular weight is 355 g/mol. The Hall–Kier alpha value is -2.80. The van der Waals surface area contributed by atoms with Crippen LogP contribution >= 0.6 is 11.8 Å². The third kappa shape index (κ3) is 4.60. The third-order valence-corrected chi connectivity index (χ3v) is 4.26. The molecule has 0 bridgehead atoms. The van der Waals surface area contributed by atoms with Gasteiger partial charge in [0, 0.05) is 25.0 Å². The molecule has 0 radical (unpaired) electrons. The number of hydrogen-bond donors (Lipinski definition) is 1. The summed E-state index contributed by atoms with van der Waals surface area (Å²) >= 11 is 0.671. The molecule has 6 nitrogen and oxygen atoms in total. The lowest BCUT2D eigenvalue weighted by atomic mass is 10.2. The summed E-state index contributed by atoms with van der Waals surface area (Å²) in [6.07, 6.45) is 3.41. The monoisotopic (exact) mass is 355 g/mol. The molecule has 0 atom stereocenters. The lowest BCUT2D eigenvalue weighted by molar-refractivity contribution is -0.107. The molecule has 3 rings (SSSR count). The zero-order chi connectivity index (χ0) is 17.6. The van der Waals surface area contributed by atoms with Crippen molar-refractivity contribution in [3.63, 3.8) is 0 Å². The average Bonchev–Trinajstić information content (AvgIpc) is 2.94. The minimum Gasteiger partial charge on any atom is -0.492 e. The van der Waals surface area contributed by atoms with Crippen molar-refractivity contribution in [2.75, 3.05) is 25.1 Å². The Kier molecular flexibility index (Phi) is 5.35. The van der Waals surface area contributed by atoms with Crippen LogP contribution in [0.3, 0.4) is 0 Å². The minimum absolute atomic E-state index is 0.261. The number of amides is 1. The number of aromatic nitrogens is 1. The van der Waals surface area contributed by atoms with Crippen LogP contribution in [-0.2, 0) is 4.79 Å². The van der Waals surface area contributed by atoms with E-state index >= 15 is 0 Å². The van der Waals surface area contributed by atoms with Gasteiger partial charge in [0.05, 0.1) is 12.2 Å². The van der Waals surface area contributed by atoms with E-state index in [2.05, 4.69) is 10.3 Å². The van der Waals surface area contributed by atoms with Crippen LogP contribution in [0.15, 0.2) is 54.4 Å². The van der Waals surface area contributed by atoms with Gasteiger partial charge < -0.3 is 15.0 Å². The second-order valence-electron chi connectivity index (χ2n) is 5.39. The largest absolute Gasteiger partial charge is 0.492 e. The summed E-state index contributed by atoms with van der Waals surface area (Å²) in [4.78, 5) is 29.0. The molecular formula is C18H17N3O3S. The molecule has 0 saturated carbocycles. The molecule has 1 aromatic heterocycles. The van der Waals surface area contributed by atoms with Gasteiger partial charge in [-0.05, 0) is 35.9 Å². The molecule has 0 unspecified atom stereocenters. The van der Waals surface area contributed by atoms with E-state index in [0.717, 1.165) is 17.1 Å². The van der Waals surface area contributed by atoms with Crippen LogP contribution < -0.4 is 15.0 Å². The Morgan fingerprint density at radius 3 is 2.64 bits per heavy atom. The van der Waals surface area contributed by atoms with Crippen LogP contribution in [-0.4, -0.2) is 35.5 Å². The number of carbonyl (C=O) groups excluding carboxylic acids is 2. The smallest absolute Gasteiger partial charge is 0.291 e. The highest BCUT2D eigenvalue weighted by Crippen LogP contribution is 2.21. The molecule has 7 heteroatoms. The van der Waals surface area contributed by atoms with Gasteiger partial charge >= 0.3 is 0 Å². The van der Waals surface area contributed by atoms with Crippen molar-refractivity contribution < 1.29 is 14.3 Å². The fourth-order valence-corrected chi connectivity index (χ4v) is 2.79. The standard InChI is InChI=1S/C18H17N3O3S/c1-21(16-4-2-3-9-19-16)10-11-24-14-7-5-13(6-8-14)12-15-17(22)25-18(23)20-15/h2-9,12H,10-11H2,1H3,(H,20,23). The maximum absolute atomic E-state index is 11.6. The predicted molar refractivity (Wildman–Crippen MR) is 98.6 cm³/mol. The molecule has 1 fully saturated rings. The number of anilines is 1. The molecule has 1 amide bonds. The van der Waals surface area contributed by atoms with Gasteiger partial charge in [-0.3, -0.25) is 9.59 Å². The van der Waals surface area contributed by atoms with Crippen LogP contribution in [0.4, 0.5) is 10.6 Å². The SMILES string of the molecule is CN(CCOc1ccc(C=C2NC(=O)SC2=O)cc1)c1ccccn1. The van der Waals surface area contributed by atoms with Crippen LogP contribution in [0.5, 0.6) is 5.75 Å². The summed E-state index contributed by atoms with van der Waals surface area (Å²) in [6, 6.07) is 13.1. The van der Waals surface area contributed by atoms with E-state index in [9.17, 15) is 9.59 Å². The van der Waals surface area contributed by atoms with E-state index in [4.69, 9.17) is 4.74 Å². The molecule has 25 heavy (non-hydrogen) atoms. The number of likely N-dealkylation sites (N-methyl/N-ethyl adjacent to an activating group) is 1. The second-order valence-corrected chi connectivity index (χ2v) is 6.33. The number of benzene rings is 1. The molecule has 2 aromatic rings. The zero-order valence-corrected chi connectivity index (χ0v) is 14.5. The molecule has 128 valence electrons. The highest BCUT2D eigenvalue weighted by atomic mass is 32.2. The Balaban J connectivity index is 1.52. The number of carbonyl (C=O) groups is 2. The third-order valence-electron chi connectivity index (χ3n) is 3.57. The van der Waals surface area contributed by atoms with Gasteiger partial charge in [0.15, 0.2) is 0 Å². The van der Waals surface area contributed by atoms with Gasteiger partial charge in [0.1, 0.15) is 18.2 Å². The topological polar surface area (TPSA) is 71.5 Å². The molecule has 1 N–H and O–H groups in total. The normalized spacial score (nSPS) is 15.3. The number of hydrogen-bond acceptors (Lipinski definition) is 6. The summed E-state index contributed by atoms with van der Waals surface area (Å²) in [6.45, 7) is 1.24. The second kappa shape index (κ2) is 7.85. The van der Waals surface area contributed by atoms with E-state index in [1.54, 1.807) is 12.3 Å². The number of pyridine rings is 1. The van der Waals surface area contributed by atoms with Crippen molar-refractivity contribution in [3.05, 3.63) is 59.9 Å². The van der Waals surface area contributed by atoms with Crippen LogP contribution in [0.2, 0.25) is 0 Å². The van der Waals surface area contributed by atoms with Gasteiger partial charge in [-0.25, -0.2) is 4.98 Å². The summed E-state index contributed by atoms with van der Waals surface area (Å²) in [5, 5.41) is 1.92. The van der Waals surface area contributed by atoms with E-state index < -0.39 is 0 Å². The summed E-state index contributed by atoms with van der Waals surface area (Å²) in [7, 11) is 1.96. The Bertz CT molecular complexity index is 791. The first-order valence-electron chi connectivity index (χ1n) is 7.72. The van der Waals surface area contributed by atoms with Gasteiger partial charge in [0.2, 0.25) is 5.12 Å². The number of thioether (sulfide) groups is 1. The molecular weight excluding hydrogens is 338 g/mol. The van der Waals surface area contributed by atoms with Crippen molar-refractivity contribution in [1.29, 1.82) is 0 Å². The molecule has 1 aromatic carbocycles. The van der Waals surface area contributed by atoms with Crippen molar-refractivity contribution in [3.8, 4) is 5.75 Å². The van der Waals surface area contributed by atoms with Gasteiger partial charge in [-0.15, -0.1) is 0 Å². The van der Waals surface area contributed by atoms with Crippen LogP contribution in [0, 0.1) is 0 Å². The van der Waals surface area contributed by atoms with Crippen molar-refractivity contribution in [1.82, 2.24) is 10.3 Å². The number of nitrogens with zero attached hydrogens (tertiary/aromatic N) is 2. The zero-order valence-electron chi connectivity index (χ0n) is 13.6. The molecule has 0 spiro atoms. The van der Waals surface area contributed by atoms with Gasteiger partial charge in [-0.2, -0.15) is 0 Å². The first kappa shape index (κ1) is 17.0. The van der Waals surface area contributed by atoms with E-state index in [1.807, 2.05) is 54.4 Å².